The van der Waals surface area contributed by atoms with Crippen LogP contribution < -0.4 is 38.9 Å². The summed E-state index contributed by atoms with van der Waals surface area (Å²) in [5.41, 5.74) is 10.4. The smallest absolute Gasteiger partial charge is 0 e. The molecule has 0 aromatic heterocycles. The van der Waals surface area contributed by atoms with E-state index in [1.165, 1.54) is 13.8 Å². The van der Waals surface area contributed by atoms with Crippen molar-refractivity contribution in [2.75, 3.05) is 0 Å². The van der Waals surface area contributed by atoms with Crippen LogP contribution in [0.3, 0.4) is 0 Å². The Morgan fingerprint density at radius 2 is 1.11 bits per heavy atom. The number of hydrogen-bond acceptors (Lipinski definition) is 11. The van der Waals surface area contributed by atoms with Crippen LogP contribution in [0.25, 0.3) is 0 Å². The molecule has 0 bridgehead atoms. The fourth-order valence-electron chi connectivity index (χ4n) is 5.32. The Bertz CT molecular complexity index is 2090. The Labute approximate surface area is 397 Å². The molecule has 0 aliphatic heterocycles. The van der Waals surface area contributed by atoms with Crippen LogP contribution >= 0.6 is 30.2 Å². The quantitative estimate of drug-likeness (QED) is 0.0369. The number of carbonyl (C=O) groups excluding carboxylic acids is 4. The Kier molecular flexibility index (Phi) is 28.4. The number of ether oxygens (including phenoxy) is 2. The molecule has 2 unspecified atom stereocenters. The predicted molar refractivity (Wildman–Crippen MR) is 233 cm³/mol. The van der Waals surface area contributed by atoms with Crippen LogP contribution in [0.4, 0.5) is 0 Å². The Morgan fingerprint density at radius 3 is 1.49 bits per heavy atom. The number of rotatable bonds is 13. The molecule has 0 heterocycles. The number of aryl methyl sites for hydroxylation is 2. The summed E-state index contributed by atoms with van der Waals surface area (Å²) in [6, 6.07) is 23.0. The van der Waals surface area contributed by atoms with E-state index in [2.05, 4.69) is 23.9 Å². The molecule has 14 nitrogen and oxygen atoms in total. The van der Waals surface area contributed by atoms with Gasteiger partial charge in [-0.3, -0.25) is 19.2 Å². The summed E-state index contributed by atoms with van der Waals surface area (Å²) >= 11 is 7.28. The van der Waals surface area contributed by atoms with E-state index < -0.39 is 59.3 Å². The molecule has 0 spiro atoms. The molecule has 0 saturated carbocycles. The molecule has 61 heavy (non-hydrogen) atoms. The monoisotopic (exact) mass is 1120 g/mol. The van der Waals surface area contributed by atoms with Gasteiger partial charge in [0, 0.05) is 69.1 Å². The SMILES string of the molecule is CC(=O)Oc1cc(C)cc(C(=O)Cl)c1C.CC(=O)Oc1cc(C)cc(C(=O)NC(Cc2ccccc2)[C@H](O)C(=O)O)c1C.NC(Cc1ccccc1)[C@H](O)C(=O)O.[2H][I-]I.[B].[V]. The van der Waals surface area contributed by atoms with Crippen molar-refractivity contribution in [3.8, 4) is 11.5 Å². The molecule has 0 aliphatic carbocycles. The molecule has 0 aliphatic rings. The fraction of sp³-hybridized carbons (Fsp3) is 0.286. The third kappa shape index (κ3) is 21.2. The zero-order valence-electron chi connectivity index (χ0n) is 35.1. The number of carbonyl (C=O) groups is 6. The Morgan fingerprint density at radius 1 is 0.738 bits per heavy atom. The standard InChI is InChI=1S/C21H23NO6.C11H11ClO3.C10H13NO3.B.HI2.V/c1-12-9-16(13(2)18(10-12)28-14(3)23)20(25)22-17(19(24)21(26)27)11-15-7-5-4-6-8-15;1-6-4-9(11(12)14)7(2)10(5-6)15-8(3)13;11-8(9(12)10(13)14)6-7-4-2-1-3-5-7;;1-2;/h4-10,17,19,24H,11H2,1-3H3,(H,22,25)(H,26,27);4-5H,1-3H3;1-5,8-9,12H,6,11H2,(H,13,14);;1H;/q;;;;-1;/t17?,19-;;8?,9-;;;/m0.0.../s1/i;;;;1D;. The van der Waals surface area contributed by atoms with E-state index in [9.17, 15) is 39.0 Å². The first-order valence-corrected chi connectivity index (χ1v) is 24.3. The van der Waals surface area contributed by atoms with E-state index in [1.54, 1.807) is 76.2 Å². The predicted octanol–water partition coefficient (Wildman–Crippen LogP) is 1.86. The van der Waals surface area contributed by atoms with Crippen molar-refractivity contribution in [1.82, 2.24) is 5.32 Å². The van der Waals surface area contributed by atoms with Crippen molar-refractivity contribution >= 4 is 73.7 Å². The van der Waals surface area contributed by atoms with Crippen LogP contribution in [0.2, 0.25) is 0 Å². The maximum Gasteiger partial charge on any atom is 0 e. The van der Waals surface area contributed by atoms with Crippen LogP contribution in [-0.4, -0.2) is 88.8 Å². The number of benzene rings is 4. The van der Waals surface area contributed by atoms with Crippen molar-refractivity contribution in [3.05, 3.63) is 129 Å². The third-order valence-corrected chi connectivity index (χ3v) is 8.40. The minimum absolute atomic E-state index is 0. The molecule has 4 atom stereocenters. The Hall–Kier alpha value is -3.82. The van der Waals surface area contributed by atoms with Gasteiger partial charge in [0.05, 0.1) is 6.04 Å². The molecule has 4 rings (SSSR count). The van der Waals surface area contributed by atoms with E-state index in [-0.39, 0.29) is 63.1 Å². The van der Waals surface area contributed by atoms with Crippen molar-refractivity contribution < 1.29 is 95.6 Å². The summed E-state index contributed by atoms with van der Waals surface area (Å²) < 4.78 is 16.4. The minimum Gasteiger partial charge on any atom is 0 e. The van der Waals surface area contributed by atoms with Gasteiger partial charge in [-0.05, 0) is 98.7 Å². The number of aliphatic hydroxyl groups is 2. The first-order chi connectivity index (χ1) is 28.1. The van der Waals surface area contributed by atoms with Crippen molar-refractivity contribution in [2.45, 2.75) is 78.7 Å². The van der Waals surface area contributed by atoms with Crippen LogP contribution in [0.5, 0.6) is 11.5 Å². The maximum atomic E-state index is 12.8. The summed E-state index contributed by atoms with van der Waals surface area (Å²) in [4.78, 5) is 67.7. The van der Waals surface area contributed by atoms with E-state index in [4.69, 9.17) is 37.6 Å². The zero-order chi connectivity index (χ0) is 45.7. The van der Waals surface area contributed by atoms with Gasteiger partial charge in [-0.15, -0.1) is 0 Å². The summed E-state index contributed by atoms with van der Waals surface area (Å²) in [6.45, 7) is 9.44. The van der Waals surface area contributed by atoms with Gasteiger partial charge in [0.1, 0.15) is 11.5 Å². The number of aliphatic hydroxyl groups excluding tert-OH is 2. The van der Waals surface area contributed by atoms with Gasteiger partial charge in [0.15, 0.2) is 12.2 Å². The van der Waals surface area contributed by atoms with Crippen LogP contribution in [0, 0.1) is 27.7 Å². The molecule has 4 aromatic rings. The van der Waals surface area contributed by atoms with Gasteiger partial charge in [-0.1, -0.05) is 60.7 Å². The molecule has 0 saturated heterocycles. The van der Waals surface area contributed by atoms with Gasteiger partial charge in [-0.2, -0.15) is 0 Å². The van der Waals surface area contributed by atoms with Crippen molar-refractivity contribution in [1.29, 1.82) is 0.594 Å². The van der Waals surface area contributed by atoms with E-state index in [0.717, 1.165) is 16.7 Å². The molecule has 4 aromatic carbocycles. The number of hydrogen-bond donors (Lipinski definition) is 6. The zero-order valence-corrected chi connectivity index (χ0v) is 40.6. The molecular weight excluding hydrogens is 1080 g/mol. The second-order valence-electron chi connectivity index (χ2n) is 13.0. The number of esters is 2. The summed E-state index contributed by atoms with van der Waals surface area (Å²) in [5.74, 6) is -3.56. The number of nitrogens with two attached hydrogens (primary N) is 1. The average Bonchev–Trinajstić information content (AvgIpc) is 3.17. The topological polar surface area (TPSA) is 240 Å². The average molecular weight is 1120 g/mol. The van der Waals surface area contributed by atoms with E-state index in [0.29, 0.717) is 34.4 Å². The molecule has 1 amide bonds. The van der Waals surface area contributed by atoms with E-state index in [1.807, 2.05) is 36.4 Å². The van der Waals surface area contributed by atoms with Crippen LogP contribution in [0.1, 0.15) is 67.9 Å². The van der Waals surface area contributed by atoms with Gasteiger partial charge >= 0.3 is 61.5 Å². The normalized spacial score (nSPS) is 12.0. The molecule has 7 N–H and O–H groups in total. The first kappa shape index (κ1) is 57.2. The van der Waals surface area contributed by atoms with Crippen molar-refractivity contribution in [2.24, 2.45) is 5.73 Å². The molecule has 4 radical (unpaired) electrons. The number of halogens is 3. The number of nitrogens with one attached hydrogen (secondary N) is 1. The van der Waals surface area contributed by atoms with Gasteiger partial charge in [-0.25, -0.2) is 9.59 Å². The fourth-order valence-corrected chi connectivity index (χ4v) is 5.52. The van der Waals surface area contributed by atoms with Gasteiger partial charge in [0.2, 0.25) is 0 Å². The third-order valence-electron chi connectivity index (χ3n) is 8.19. The number of carboxylic acids is 2. The molecule has 19 heteroatoms. The van der Waals surface area contributed by atoms with Crippen LogP contribution in [-0.2, 0) is 50.6 Å². The molecule has 0 fully saturated rings. The molecule has 328 valence electrons. The van der Waals surface area contributed by atoms with Crippen molar-refractivity contribution in [3.63, 3.8) is 0 Å². The largest absolute Gasteiger partial charge is 0 e. The molecular formula is C42H48BClI2N2O12V-. The van der Waals surface area contributed by atoms with Gasteiger partial charge < -0.3 is 41.0 Å². The number of carboxylic acid groups (broad SMARTS) is 2. The summed E-state index contributed by atoms with van der Waals surface area (Å²) in [5, 5.41) is 38.9. The second-order valence-corrected chi connectivity index (χ2v) is 13.4. The van der Waals surface area contributed by atoms with Gasteiger partial charge in [0.25, 0.3) is 11.1 Å². The first-order valence-electron chi connectivity index (χ1n) is 18.0. The van der Waals surface area contributed by atoms with Crippen LogP contribution in [0.15, 0.2) is 84.9 Å². The number of amides is 1. The Balaban J connectivity index is 0. The summed E-state index contributed by atoms with van der Waals surface area (Å²) in [6.07, 6.45) is -2.78. The summed E-state index contributed by atoms with van der Waals surface area (Å²) in [7, 11) is 0. The number of aliphatic carboxylic acids is 2. The minimum atomic E-state index is -1.78. The second kappa shape index (κ2) is 30.3. The maximum absolute atomic E-state index is 12.8. The van der Waals surface area contributed by atoms with E-state index >= 15 is 0 Å².